The van der Waals surface area contributed by atoms with Gasteiger partial charge >= 0.3 is 0 Å². The van der Waals surface area contributed by atoms with E-state index >= 15 is 0 Å². The number of anilines is 1. The fourth-order valence-corrected chi connectivity index (χ4v) is 4.78. The van der Waals surface area contributed by atoms with Crippen molar-refractivity contribution in [2.75, 3.05) is 5.73 Å². The molecule has 0 unspecified atom stereocenters. The molecule has 158 valence electrons. The molecule has 5 rings (SSSR count). The van der Waals surface area contributed by atoms with Crippen molar-refractivity contribution in [3.63, 3.8) is 0 Å². The van der Waals surface area contributed by atoms with E-state index < -0.39 is 26.0 Å². The van der Waals surface area contributed by atoms with Gasteiger partial charge in [-0.2, -0.15) is 8.42 Å². The molecule has 4 N–H and O–H groups in total. The molecule has 8 nitrogen and oxygen atoms in total. The van der Waals surface area contributed by atoms with Gasteiger partial charge in [0.05, 0.1) is 16.1 Å². The molecule has 3 aromatic carbocycles. The average Bonchev–Trinajstić information content (AvgIpc) is 2.77. The van der Waals surface area contributed by atoms with E-state index in [0.717, 1.165) is 6.07 Å². The van der Waals surface area contributed by atoms with Crippen LogP contribution < -0.4 is 21.9 Å². The molecule has 0 amide bonds. The third kappa shape index (κ3) is 2.72. The van der Waals surface area contributed by atoms with Gasteiger partial charge in [-0.05, 0) is 11.5 Å². The molecule has 0 fully saturated rings. The predicted molar refractivity (Wildman–Crippen MR) is 119 cm³/mol. The topological polar surface area (TPSA) is 148 Å². The molecular weight excluding hydrogens is 432 g/mol. The van der Waals surface area contributed by atoms with E-state index in [9.17, 15) is 27.7 Å². The molecule has 9 heteroatoms. The maximum Gasteiger partial charge on any atom is 0.296 e. The van der Waals surface area contributed by atoms with Gasteiger partial charge in [-0.3, -0.25) is 14.1 Å². The molecule has 0 saturated heterocycles. The number of nitrogens with two attached hydrogens (primary N) is 1. The zero-order valence-electron chi connectivity index (χ0n) is 16.2. The quantitative estimate of drug-likeness (QED) is 0.273. The summed E-state index contributed by atoms with van der Waals surface area (Å²) in [4.78, 5) is 29.5. The minimum atomic E-state index is -4.83. The molecule has 32 heavy (non-hydrogen) atoms. The highest BCUT2D eigenvalue weighted by Crippen LogP contribution is 2.27. The van der Waals surface area contributed by atoms with E-state index in [1.807, 2.05) is 0 Å². The Morgan fingerprint density at radius 2 is 1.53 bits per heavy atom. The number of nitrogen functional groups attached to an aromatic ring is 1. The first-order valence-corrected chi connectivity index (χ1v) is 10.8. The summed E-state index contributed by atoms with van der Waals surface area (Å²) < 4.78 is 33.8. The molecule has 0 saturated carbocycles. The summed E-state index contributed by atoms with van der Waals surface area (Å²) in [6.45, 7) is 0. The lowest BCUT2D eigenvalue weighted by Crippen LogP contribution is -2.33. The Morgan fingerprint density at radius 1 is 0.906 bits per heavy atom. The number of hydrogen-bond donors (Lipinski definition) is 3. The first-order chi connectivity index (χ1) is 15.2. The third-order valence-electron chi connectivity index (χ3n) is 5.45. The van der Waals surface area contributed by atoms with Crippen molar-refractivity contribution in [1.82, 2.24) is 4.98 Å². The average molecular weight is 446 g/mol. The van der Waals surface area contributed by atoms with Crippen LogP contribution in [0.2, 0.25) is 0 Å². The van der Waals surface area contributed by atoms with Crippen molar-refractivity contribution in [3.8, 4) is 0 Å². The van der Waals surface area contributed by atoms with Gasteiger partial charge < -0.3 is 10.8 Å². The van der Waals surface area contributed by atoms with Crippen LogP contribution in [0, 0.1) is 10.4 Å². The molecule has 0 spiro atoms. The van der Waals surface area contributed by atoms with Crippen molar-refractivity contribution < 1.29 is 18.1 Å². The van der Waals surface area contributed by atoms with Gasteiger partial charge in [-0.1, -0.05) is 54.6 Å². The number of aliphatic hydroxyl groups excluding tert-OH is 1. The maximum absolute atomic E-state index is 13.2. The molecule has 0 bridgehead atoms. The van der Waals surface area contributed by atoms with Crippen LogP contribution in [0.25, 0.3) is 27.4 Å². The molecule has 1 aliphatic heterocycles. The molecule has 3 aromatic rings. The fraction of sp³-hybridized carbons (Fsp3) is 0. The van der Waals surface area contributed by atoms with Crippen molar-refractivity contribution >= 4 is 43.2 Å². The van der Waals surface area contributed by atoms with E-state index in [0.29, 0.717) is 10.9 Å². The number of rotatable bonds is 2. The minimum absolute atomic E-state index is 0.0154. The van der Waals surface area contributed by atoms with E-state index in [1.54, 1.807) is 54.6 Å². The van der Waals surface area contributed by atoms with E-state index in [-0.39, 0.29) is 43.4 Å². The first-order valence-electron chi connectivity index (χ1n) is 9.40. The smallest absolute Gasteiger partial charge is 0.296 e. The van der Waals surface area contributed by atoms with Gasteiger partial charge in [-0.15, -0.1) is 0 Å². The molecular formula is C23H14N2O6S. The van der Waals surface area contributed by atoms with Crippen molar-refractivity contribution in [2.24, 2.45) is 0 Å². The third-order valence-corrected chi connectivity index (χ3v) is 6.32. The van der Waals surface area contributed by atoms with Gasteiger partial charge in [0.25, 0.3) is 15.7 Å². The van der Waals surface area contributed by atoms with Crippen LogP contribution in [-0.2, 0) is 10.1 Å². The molecule has 1 aliphatic carbocycles. The highest BCUT2D eigenvalue weighted by Gasteiger charge is 2.23. The highest BCUT2D eigenvalue weighted by atomic mass is 32.2. The van der Waals surface area contributed by atoms with Crippen LogP contribution in [-0.4, -0.2) is 23.1 Å². The first kappa shape index (κ1) is 19.9. The molecule has 0 atom stereocenters. The maximum atomic E-state index is 13.2. The Balaban J connectivity index is 2.31. The van der Waals surface area contributed by atoms with Crippen LogP contribution in [0.5, 0.6) is 0 Å². The summed E-state index contributed by atoms with van der Waals surface area (Å²) in [7, 11) is -4.83. The number of aromatic nitrogens is 1. The number of aliphatic hydroxyl groups is 1. The van der Waals surface area contributed by atoms with Crippen LogP contribution >= 0.6 is 0 Å². The summed E-state index contributed by atoms with van der Waals surface area (Å²) in [5.41, 5.74) is 4.40. The van der Waals surface area contributed by atoms with Crippen molar-refractivity contribution in [3.05, 3.63) is 102 Å². The lowest BCUT2D eigenvalue weighted by molar-refractivity contribution is 0.484. The van der Waals surface area contributed by atoms with Gasteiger partial charge in [-0.25, -0.2) is 4.98 Å². The minimum Gasteiger partial charge on any atom is -0.506 e. The normalized spacial score (nSPS) is 13.2. The predicted octanol–water partition coefficient (Wildman–Crippen LogP) is 1.53. The molecule has 0 radical (unpaired) electrons. The number of benzene rings is 3. The lowest BCUT2D eigenvalue weighted by atomic mass is 9.97. The van der Waals surface area contributed by atoms with Gasteiger partial charge in [0, 0.05) is 27.1 Å². The van der Waals surface area contributed by atoms with Crippen LogP contribution in [0.1, 0.15) is 5.56 Å². The number of nitrogens with zero attached hydrogens (tertiary/aromatic N) is 1. The SMILES string of the molecule is Nc1cc(S(=O)(=O)O)c2nc(=O)c(=C(O)c3ccccc3)c3c4ccccc4c(=O)c1c2=3. The Morgan fingerprint density at radius 3 is 2.19 bits per heavy atom. The van der Waals surface area contributed by atoms with E-state index in [4.69, 9.17) is 5.73 Å². The van der Waals surface area contributed by atoms with E-state index in [1.165, 1.54) is 0 Å². The largest absolute Gasteiger partial charge is 0.506 e. The molecule has 2 aliphatic rings. The van der Waals surface area contributed by atoms with Crippen molar-refractivity contribution in [1.29, 1.82) is 0 Å². The summed E-state index contributed by atoms with van der Waals surface area (Å²) in [5, 5.41) is 11.5. The van der Waals surface area contributed by atoms with Gasteiger partial charge in [0.15, 0.2) is 5.43 Å². The number of hydrogen-bond acceptors (Lipinski definition) is 7. The van der Waals surface area contributed by atoms with Crippen LogP contribution in [0.15, 0.2) is 75.1 Å². The van der Waals surface area contributed by atoms with Crippen molar-refractivity contribution in [2.45, 2.75) is 4.90 Å². The molecule has 0 aromatic heterocycles. The standard InChI is InChI=1S/C23H14N2O6S/c24-14-10-15(32(29,30)31)20-18-16(12-8-4-5-9-13(12)22(27)17(14)18)19(23(28)25-20)21(26)11-6-2-1-3-7-11/h1-10,26H,24H2,(H,29,30,31). The zero-order valence-corrected chi connectivity index (χ0v) is 17.1. The monoisotopic (exact) mass is 446 g/mol. The Bertz CT molecular complexity index is 1910. The second kappa shape index (κ2) is 6.71. The Hall–Kier alpha value is -4.08. The summed E-state index contributed by atoms with van der Waals surface area (Å²) >= 11 is 0. The van der Waals surface area contributed by atoms with E-state index in [2.05, 4.69) is 4.98 Å². The van der Waals surface area contributed by atoms with Crippen LogP contribution in [0.3, 0.4) is 0 Å². The highest BCUT2D eigenvalue weighted by molar-refractivity contribution is 7.86. The second-order valence-corrected chi connectivity index (χ2v) is 8.68. The summed E-state index contributed by atoms with van der Waals surface area (Å²) in [6, 6.07) is 15.6. The Kier molecular flexibility index (Phi) is 4.16. The molecule has 1 heterocycles. The summed E-state index contributed by atoms with van der Waals surface area (Å²) in [5.74, 6) is -0.383. The van der Waals surface area contributed by atoms with Gasteiger partial charge in [0.1, 0.15) is 10.7 Å². The van der Waals surface area contributed by atoms with Gasteiger partial charge in [0.2, 0.25) is 0 Å². The zero-order chi connectivity index (χ0) is 22.8. The lowest BCUT2D eigenvalue weighted by Gasteiger charge is -2.11. The Labute approximate surface area is 179 Å². The van der Waals surface area contributed by atoms with Crippen LogP contribution in [0.4, 0.5) is 5.69 Å². The number of fused-ring (bicyclic) bond motifs is 2. The second-order valence-electron chi connectivity index (χ2n) is 7.29. The fourth-order valence-electron chi connectivity index (χ4n) is 4.12. The summed E-state index contributed by atoms with van der Waals surface area (Å²) in [6.07, 6.45) is 0.